The molecule has 0 saturated carbocycles. The lowest BCUT2D eigenvalue weighted by Crippen LogP contribution is -2.11. The molecule has 0 atom stereocenters. The maximum Gasteiger partial charge on any atom is 0.181 e. The van der Waals surface area contributed by atoms with E-state index in [1.54, 1.807) is 14.0 Å². The van der Waals surface area contributed by atoms with Crippen molar-refractivity contribution in [3.05, 3.63) is 66.0 Å². The number of methoxy groups -OCH3 is 1. The Balaban J connectivity index is 0.000000191. The van der Waals surface area contributed by atoms with Gasteiger partial charge in [0, 0.05) is 24.8 Å². The molecule has 0 radical (unpaired) electrons. The van der Waals surface area contributed by atoms with Gasteiger partial charge in [0.05, 0.1) is 13.0 Å². The van der Waals surface area contributed by atoms with Crippen molar-refractivity contribution in [1.82, 2.24) is 0 Å². The summed E-state index contributed by atoms with van der Waals surface area (Å²) in [5.41, 5.74) is 1.99. The van der Waals surface area contributed by atoms with E-state index in [2.05, 4.69) is 11.1 Å². The van der Waals surface area contributed by atoms with Gasteiger partial charge in [-0.15, -0.1) is 0 Å². The Morgan fingerprint density at radius 2 is 1.79 bits per heavy atom. The highest BCUT2D eigenvalue weighted by Crippen LogP contribution is 1.97. The predicted octanol–water partition coefficient (Wildman–Crippen LogP) is 2.58. The summed E-state index contributed by atoms with van der Waals surface area (Å²) in [7, 11) is 1.71. The number of aromatic amines is 1. The van der Waals surface area contributed by atoms with E-state index < -0.39 is 0 Å². The normalized spacial score (nSPS) is 9.37. The molecule has 100 valence electrons. The Bertz CT molecular complexity index is 469. The molecule has 0 bridgehead atoms. The Labute approximate surface area is 114 Å². The maximum absolute atomic E-state index is 10.6. The first kappa shape index (κ1) is 15.1. The second-order valence-electron chi connectivity index (χ2n) is 4.05. The number of ether oxygens (including phenoxy) is 1. The third-order valence-corrected chi connectivity index (χ3v) is 2.53. The molecule has 1 heterocycles. The second-order valence-corrected chi connectivity index (χ2v) is 4.05. The minimum Gasteiger partial charge on any atom is -0.384 e. The lowest BCUT2D eigenvalue weighted by atomic mass is 10.2. The van der Waals surface area contributed by atoms with Gasteiger partial charge >= 0.3 is 0 Å². The zero-order chi connectivity index (χ0) is 13.9. The number of ketones is 1. The summed E-state index contributed by atoms with van der Waals surface area (Å²) in [5.74, 6) is 0.121. The topological polar surface area (TPSA) is 40.4 Å². The predicted molar refractivity (Wildman–Crippen MR) is 75.0 cm³/mol. The van der Waals surface area contributed by atoms with Crippen molar-refractivity contribution in [3.63, 3.8) is 0 Å². The molecule has 0 saturated heterocycles. The van der Waals surface area contributed by atoms with Crippen LogP contribution in [0.1, 0.15) is 23.0 Å². The first-order valence-corrected chi connectivity index (χ1v) is 6.24. The quantitative estimate of drug-likeness (QED) is 0.791. The SMILES string of the molecule is CC(=O)c1ccccc1.COCCc1cccc[nH+]1. The highest BCUT2D eigenvalue weighted by molar-refractivity contribution is 5.93. The third kappa shape index (κ3) is 6.48. The van der Waals surface area contributed by atoms with Crippen LogP contribution in [0, 0.1) is 0 Å². The Morgan fingerprint density at radius 1 is 1.11 bits per heavy atom. The summed E-state index contributed by atoms with van der Waals surface area (Å²) in [6.45, 7) is 2.34. The van der Waals surface area contributed by atoms with Gasteiger partial charge in [0.1, 0.15) is 0 Å². The van der Waals surface area contributed by atoms with E-state index in [9.17, 15) is 4.79 Å². The van der Waals surface area contributed by atoms with Crippen LogP contribution < -0.4 is 4.98 Å². The third-order valence-electron chi connectivity index (χ3n) is 2.53. The summed E-state index contributed by atoms with van der Waals surface area (Å²) in [6, 6.07) is 15.3. The lowest BCUT2D eigenvalue weighted by molar-refractivity contribution is -0.390. The van der Waals surface area contributed by atoms with Crippen molar-refractivity contribution < 1.29 is 14.5 Å². The number of carbonyl (C=O) groups is 1. The van der Waals surface area contributed by atoms with Crippen LogP contribution in [-0.4, -0.2) is 19.5 Å². The van der Waals surface area contributed by atoms with E-state index in [-0.39, 0.29) is 5.78 Å². The van der Waals surface area contributed by atoms with E-state index in [0.717, 1.165) is 18.6 Å². The van der Waals surface area contributed by atoms with E-state index >= 15 is 0 Å². The van der Waals surface area contributed by atoms with Crippen LogP contribution in [0.3, 0.4) is 0 Å². The van der Waals surface area contributed by atoms with Gasteiger partial charge in [-0.25, -0.2) is 4.98 Å². The number of aromatic nitrogens is 1. The number of pyridine rings is 1. The van der Waals surface area contributed by atoms with Crippen LogP contribution >= 0.6 is 0 Å². The molecule has 3 nitrogen and oxygen atoms in total. The highest BCUT2D eigenvalue weighted by atomic mass is 16.5. The minimum absolute atomic E-state index is 0.121. The van der Waals surface area contributed by atoms with Crippen molar-refractivity contribution in [2.75, 3.05) is 13.7 Å². The summed E-state index contributed by atoms with van der Waals surface area (Å²) < 4.78 is 4.93. The van der Waals surface area contributed by atoms with Gasteiger partial charge in [0.25, 0.3) is 0 Å². The molecule has 0 aliphatic rings. The number of hydrogen-bond acceptors (Lipinski definition) is 2. The van der Waals surface area contributed by atoms with Crippen LogP contribution in [0.25, 0.3) is 0 Å². The molecule has 1 aromatic heterocycles. The van der Waals surface area contributed by atoms with E-state index in [0.29, 0.717) is 0 Å². The highest BCUT2D eigenvalue weighted by Gasteiger charge is 1.95. The summed E-state index contributed by atoms with van der Waals surface area (Å²) in [4.78, 5) is 13.8. The van der Waals surface area contributed by atoms with E-state index in [4.69, 9.17) is 4.74 Å². The van der Waals surface area contributed by atoms with Gasteiger partial charge in [0.15, 0.2) is 17.7 Å². The number of hydrogen-bond donors (Lipinski definition) is 0. The van der Waals surface area contributed by atoms with Gasteiger partial charge < -0.3 is 4.74 Å². The molecule has 0 unspecified atom stereocenters. The second kappa shape index (κ2) is 9.00. The molecule has 1 N–H and O–H groups in total. The smallest absolute Gasteiger partial charge is 0.181 e. The summed E-state index contributed by atoms with van der Waals surface area (Å²) >= 11 is 0. The molecular formula is C16H20NO2+. The van der Waals surface area contributed by atoms with E-state index in [1.165, 1.54) is 5.69 Å². The first-order chi connectivity index (χ1) is 9.24. The molecule has 0 fully saturated rings. The molecule has 0 aliphatic carbocycles. The number of H-pyrrole nitrogens is 1. The van der Waals surface area contributed by atoms with Crippen molar-refractivity contribution >= 4 is 5.78 Å². The average molecular weight is 258 g/mol. The number of rotatable bonds is 4. The van der Waals surface area contributed by atoms with Crippen LogP contribution in [0.4, 0.5) is 0 Å². The molecular weight excluding hydrogens is 238 g/mol. The van der Waals surface area contributed by atoms with Gasteiger partial charge in [0.2, 0.25) is 0 Å². The summed E-state index contributed by atoms with van der Waals surface area (Å²) in [6.07, 6.45) is 2.88. The number of carbonyl (C=O) groups excluding carboxylic acids is 1. The molecule has 3 heteroatoms. The maximum atomic E-state index is 10.6. The Kier molecular flexibility index (Phi) is 7.13. The number of nitrogens with one attached hydrogen (secondary N) is 1. The Morgan fingerprint density at radius 3 is 2.26 bits per heavy atom. The van der Waals surface area contributed by atoms with Crippen molar-refractivity contribution in [1.29, 1.82) is 0 Å². The average Bonchev–Trinajstić information content (AvgIpc) is 2.48. The standard InChI is InChI=1S/C8H11NO.C8H8O/c1-10-7-5-8-4-2-3-6-9-8;1-7(9)8-5-3-2-4-6-8/h2-4,6H,5,7H2,1H3;2-6H,1H3/p+1. The monoisotopic (exact) mass is 258 g/mol. The molecule has 19 heavy (non-hydrogen) atoms. The fourth-order valence-electron chi connectivity index (χ4n) is 1.47. The van der Waals surface area contributed by atoms with Crippen molar-refractivity contribution in [2.24, 2.45) is 0 Å². The van der Waals surface area contributed by atoms with E-state index in [1.807, 2.05) is 48.7 Å². The number of Topliss-reactive ketones (excluding diaryl/α,β-unsaturated/α-hetero) is 1. The largest absolute Gasteiger partial charge is 0.384 e. The molecule has 1 aromatic carbocycles. The fourth-order valence-corrected chi connectivity index (χ4v) is 1.47. The molecule has 0 aliphatic heterocycles. The van der Waals surface area contributed by atoms with Gasteiger partial charge in [-0.05, 0) is 6.92 Å². The lowest BCUT2D eigenvalue weighted by Gasteiger charge is -1.91. The molecule has 2 rings (SSSR count). The van der Waals surface area contributed by atoms with Gasteiger partial charge in [-0.1, -0.05) is 36.4 Å². The number of benzene rings is 1. The minimum atomic E-state index is 0.121. The molecule has 2 aromatic rings. The first-order valence-electron chi connectivity index (χ1n) is 6.24. The van der Waals surface area contributed by atoms with Crippen molar-refractivity contribution in [2.45, 2.75) is 13.3 Å². The van der Waals surface area contributed by atoms with Crippen LogP contribution in [0.2, 0.25) is 0 Å². The molecule has 0 amide bonds. The summed E-state index contributed by atoms with van der Waals surface area (Å²) in [5, 5.41) is 0. The fraction of sp³-hybridized carbons (Fsp3) is 0.250. The van der Waals surface area contributed by atoms with Crippen LogP contribution in [0.15, 0.2) is 54.7 Å². The molecule has 0 spiro atoms. The zero-order valence-electron chi connectivity index (χ0n) is 11.4. The van der Waals surface area contributed by atoms with Gasteiger partial charge in [-0.2, -0.15) is 0 Å². The zero-order valence-corrected chi connectivity index (χ0v) is 11.4. The van der Waals surface area contributed by atoms with Crippen LogP contribution in [-0.2, 0) is 11.2 Å². The van der Waals surface area contributed by atoms with Gasteiger partial charge in [-0.3, -0.25) is 4.79 Å². The Hall–Kier alpha value is -2.00. The van der Waals surface area contributed by atoms with Crippen LogP contribution in [0.5, 0.6) is 0 Å². The van der Waals surface area contributed by atoms with Crippen molar-refractivity contribution in [3.8, 4) is 0 Å².